The van der Waals surface area contributed by atoms with Crippen molar-refractivity contribution in [1.82, 2.24) is 20.2 Å². The van der Waals surface area contributed by atoms with Crippen LogP contribution in [0.4, 0.5) is 5.95 Å². The van der Waals surface area contributed by atoms with Crippen molar-refractivity contribution in [2.75, 3.05) is 37.6 Å². The minimum Gasteiger partial charge on any atom is -0.341 e. The van der Waals surface area contributed by atoms with E-state index in [0.717, 1.165) is 42.9 Å². The van der Waals surface area contributed by atoms with Crippen LogP contribution in [-0.2, 0) is 6.54 Å². The number of anilines is 1. The van der Waals surface area contributed by atoms with Gasteiger partial charge in [0.1, 0.15) is 0 Å². The first-order chi connectivity index (χ1) is 11.8. The molecule has 0 unspecified atom stereocenters. The molecule has 4 rings (SSSR count). The second-order valence-electron chi connectivity index (χ2n) is 7.89. The average molecular weight is 329 g/mol. The SMILES string of the molecule is Cc1cc(CNC2CCN(CC3CC3)CC2)nc(N2CCCC2)n1. The highest BCUT2D eigenvalue weighted by Gasteiger charge is 2.27. The minimum absolute atomic E-state index is 0.644. The predicted octanol–water partition coefficient (Wildman–Crippen LogP) is 2.35. The molecule has 0 atom stereocenters. The van der Waals surface area contributed by atoms with Gasteiger partial charge >= 0.3 is 0 Å². The van der Waals surface area contributed by atoms with Gasteiger partial charge in [0.2, 0.25) is 5.95 Å². The molecule has 0 radical (unpaired) electrons. The van der Waals surface area contributed by atoms with E-state index in [1.54, 1.807) is 0 Å². The van der Waals surface area contributed by atoms with Gasteiger partial charge in [-0.15, -0.1) is 0 Å². The molecule has 24 heavy (non-hydrogen) atoms. The maximum atomic E-state index is 4.80. The zero-order valence-electron chi connectivity index (χ0n) is 15.0. The van der Waals surface area contributed by atoms with Gasteiger partial charge in [-0.1, -0.05) is 0 Å². The number of nitrogens with one attached hydrogen (secondary N) is 1. The number of likely N-dealkylation sites (tertiary alicyclic amines) is 1. The fraction of sp³-hybridized carbons (Fsp3) is 0.789. The van der Waals surface area contributed by atoms with Gasteiger partial charge in [-0.2, -0.15) is 0 Å². The summed E-state index contributed by atoms with van der Waals surface area (Å²) in [5, 5.41) is 3.74. The van der Waals surface area contributed by atoms with E-state index in [1.807, 2.05) is 0 Å². The molecule has 1 aromatic heterocycles. The molecule has 1 saturated carbocycles. The molecular formula is C19H31N5. The molecule has 2 aliphatic heterocycles. The summed E-state index contributed by atoms with van der Waals surface area (Å²) in [7, 11) is 0. The second-order valence-corrected chi connectivity index (χ2v) is 7.89. The fourth-order valence-electron chi connectivity index (χ4n) is 4.00. The first kappa shape index (κ1) is 16.3. The molecule has 0 bridgehead atoms. The van der Waals surface area contributed by atoms with Gasteiger partial charge < -0.3 is 15.1 Å². The van der Waals surface area contributed by atoms with Crippen LogP contribution in [0.25, 0.3) is 0 Å². The van der Waals surface area contributed by atoms with Crippen molar-refractivity contribution < 1.29 is 0 Å². The van der Waals surface area contributed by atoms with Crippen LogP contribution in [0.5, 0.6) is 0 Å². The van der Waals surface area contributed by atoms with E-state index in [1.165, 1.54) is 58.2 Å². The Kier molecular flexibility index (Phi) is 4.99. The molecule has 5 heteroatoms. The standard InChI is InChI=1S/C19H31N5/c1-15-12-18(22-19(21-15)24-8-2-3-9-24)13-20-17-6-10-23(11-7-17)14-16-4-5-16/h12,16-17,20H,2-11,13-14H2,1H3. The molecule has 1 N–H and O–H groups in total. The van der Waals surface area contributed by atoms with Crippen LogP contribution in [0, 0.1) is 12.8 Å². The molecule has 1 aliphatic carbocycles. The topological polar surface area (TPSA) is 44.3 Å². The van der Waals surface area contributed by atoms with Crippen LogP contribution in [0.2, 0.25) is 0 Å². The average Bonchev–Trinajstić information content (AvgIpc) is 3.23. The molecule has 0 spiro atoms. The molecule has 1 aromatic rings. The summed E-state index contributed by atoms with van der Waals surface area (Å²) in [5.74, 6) is 1.95. The van der Waals surface area contributed by atoms with Gasteiger partial charge in [0.15, 0.2) is 0 Å². The van der Waals surface area contributed by atoms with Gasteiger partial charge in [0, 0.05) is 37.9 Å². The highest BCUT2D eigenvalue weighted by molar-refractivity contribution is 5.33. The van der Waals surface area contributed by atoms with Gasteiger partial charge in [-0.25, -0.2) is 9.97 Å². The quantitative estimate of drug-likeness (QED) is 0.868. The summed E-state index contributed by atoms with van der Waals surface area (Å²) >= 11 is 0. The Labute approximate surface area is 145 Å². The number of rotatable bonds is 6. The lowest BCUT2D eigenvalue weighted by Crippen LogP contribution is -2.43. The number of nitrogens with zero attached hydrogens (tertiary/aromatic N) is 4. The zero-order chi connectivity index (χ0) is 16.4. The third kappa shape index (κ3) is 4.25. The van der Waals surface area contributed by atoms with Crippen molar-refractivity contribution in [1.29, 1.82) is 0 Å². The van der Waals surface area contributed by atoms with E-state index in [0.29, 0.717) is 6.04 Å². The van der Waals surface area contributed by atoms with Crippen LogP contribution in [0.15, 0.2) is 6.07 Å². The lowest BCUT2D eigenvalue weighted by atomic mass is 10.0. The van der Waals surface area contributed by atoms with Crippen molar-refractivity contribution in [2.45, 2.75) is 58.0 Å². The summed E-state index contributed by atoms with van der Waals surface area (Å²) < 4.78 is 0. The summed E-state index contributed by atoms with van der Waals surface area (Å²) in [4.78, 5) is 14.4. The van der Waals surface area contributed by atoms with Crippen molar-refractivity contribution in [2.24, 2.45) is 5.92 Å². The van der Waals surface area contributed by atoms with E-state index in [2.05, 4.69) is 33.1 Å². The monoisotopic (exact) mass is 329 g/mol. The Balaban J connectivity index is 1.27. The fourth-order valence-corrected chi connectivity index (χ4v) is 4.00. The number of hydrogen-bond donors (Lipinski definition) is 1. The molecule has 2 saturated heterocycles. The summed E-state index contributed by atoms with van der Waals surface area (Å²) in [6.07, 6.45) is 8.01. The predicted molar refractivity (Wildman–Crippen MR) is 97.2 cm³/mol. The van der Waals surface area contributed by atoms with E-state index < -0.39 is 0 Å². The zero-order valence-corrected chi connectivity index (χ0v) is 15.0. The number of hydrogen-bond acceptors (Lipinski definition) is 5. The summed E-state index contributed by atoms with van der Waals surface area (Å²) in [6.45, 7) is 9.03. The first-order valence-corrected chi connectivity index (χ1v) is 9.81. The lowest BCUT2D eigenvalue weighted by Gasteiger charge is -2.32. The summed E-state index contributed by atoms with van der Waals surface area (Å²) in [6, 6.07) is 2.78. The van der Waals surface area contributed by atoms with Crippen LogP contribution >= 0.6 is 0 Å². The smallest absolute Gasteiger partial charge is 0.225 e. The Bertz CT molecular complexity index is 543. The number of aryl methyl sites for hydroxylation is 1. The van der Waals surface area contributed by atoms with Crippen LogP contribution in [-0.4, -0.2) is 53.6 Å². The van der Waals surface area contributed by atoms with Crippen molar-refractivity contribution in [3.05, 3.63) is 17.5 Å². The summed E-state index contributed by atoms with van der Waals surface area (Å²) in [5.41, 5.74) is 2.23. The van der Waals surface area contributed by atoms with Crippen molar-refractivity contribution in [3.63, 3.8) is 0 Å². The molecule has 3 heterocycles. The third-order valence-corrected chi connectivity index (χ3v) is 5.66. The van der Waals surface area contributed by atoms with Crippen LogP contribution in [0.1, 0.15) is 49.9 Å². The number of piperidine rings is 1. The second kappa shape index (κ2) is 7.36. The minimum atomic E-state index is 0.644. The third-order valence-electron chi connectivity index (χ3n) is 5.66. The van der Waals surface area contributed by atoms with Crippen molar-refractivity contribution in [3.8, 4) is 0 Å². The van der Waals surface area contributed by atoms with Crippen LogP contribution in [0.3, 0.4) is 0 Å². The highest BCUT2D eigenvalue weighted by atomic mass is 15.3. The van der Waals surface area contributed by atoms with Gasteiger partial charge in [0.25, 0.3) is 0 Å². The van der Waals surface area contributed by atoms with Gasteiger partial charge in [-0.3, -0.25) is 0 Å². The molecular weight excluding hydrogens is 298 g/mol. The largest absolute Gasteiger partial charge is 0.341 e. The lowest BCUT2D eigenvalue weighted by molar-refractivity contribution is 0.190. The maximum absolute atomic E-state index is 4.80. The van der Waals surface area contributed by atoms with E-state index >= 15 is 0 Å². The highest BCUT2D eigenvalue weighted by Crippen LogP contribution is 2.30. The van der Waals surface area contributed by atoms with Crippen LogP contribution < -0.4 is 10.2 Å². The van der Waals surface area contributed by atoms with Gasteiger partial charge in [-0.05, 0) is 70.5 Å². The van der Waals surface area contributed by atoms with Crippen molar-refractivity contribution >= 4 is 5.95 Å². The Morgan fingerprint density at radius 2 is 1.79 bits per heavy atom. The van der Waals surface area contributed by atoms with E-state index in [9.17, 15) is 0 Å². The van der Waals surface area contributed by atoms with Gasteiger partial charge in [0.05, 0.1) is 5.69 Å². The molecule has 0 aromatic carbocycles. The molecule has 3 aliphatic rings. The number of aromatic nitrogens is 2. The molecule has 5 nitrogen and oxygen atoms in total. The molecule has 3 fully saturated rings. The Morgan fingerprint density at radius 1 is 1.04 bits per heavy atom. The van der Waals surface area contributed by atoms with E-state index in [4.69, 9.17) is 4.98 Å². The van der Waals surface area contributed by atoms with E-state index in [-0.39, 0.29) is 0 Å². The normalized spacial score (nSPS) is 23.1. The molecule has 132 valence electrons. The first-order valence-electron chi connectivity index (χ1n) is 9.81. The maximum Gasteiger partial charge on any atom is 0.225 e. The molecule has 0 amide bonds. The Hall–Kier alpha value is -1.20. The Morgan fingerprint density at radius 3 is 2.50 bits per heavy atom.